The van der Waals surface area contributed by atoms with Crippen molar-refractivity contribution in [2.24, 2.45) is 5.92 Å². The van der Waals surface area contributed by atoms with Crippen LogP contribution in [0.5, 0.6) is 0 Å². The summed E-state index contributed by atoms with van der Waals surface area (Å²) in [6.07, 6.45) is 5.12. The lowest BCUT2D eigenvalue weighted by molar-refractivity contribution is 0.0601. The minimum Gasteiger partial charge on any atom is -0.465 e. The van der Waals surface area contributed by atoms with Gasteiger partial charge in [0.15, 0.2) is 5.11 Å². The normalized spacial score (nSPS) is 18.6. The van der Waals surface area contributed by atoms with Crippen molar-refractivity contribution in [3.05, 3.63) is 16.0 Å². The molecule has 1 aliphatic rings. The van der Waals surface area contributed by atoms with Crippen LogP contribution >= 0.6 is 23.6 Å². The zero-order valence-corrected chi connectivity index (χ0v) is 18.5. The van der Waals surface area contributed by atoms with Crippen LogP contribution in [0.2, 0.25) is 0 Å². The largest absolute Gasteiger partial charge is 0.465 e. The van der Waals surface area contributed by atoms with Crippen molar-refractivity contribution in [3.8, 4) is 0 Å². The van der Waals surface area contributed by atoms with Gasteiger partial charge in [-0.05, 0) is 69.7 Å². The summed E-state index contributed by atoms with van der Waals surface area (Å²) in [4.78, 5) is 16.0. The molecule has 2 rings (SSSR count). The minimum absolute atomic E-state index is 0.263. The van der Waals surface area contributed by atoms with Crippen LogP contribution in [0.4, 0.5) is 5.00 Å². The van der Waals surface area contributed by atoms with E-state index < -0.39 is 0 Å². The number of rotatable bonds is 6. The van der Waals surface area contributed by atoms with Crippen LogP contribution in [0.3, 0.4) is 0 Å². The summed E-state index contributed by atoms with van der Waals surface area (Å²) < 4.78 is 5.08. The number of nitrogens with zero attached hydrogens (tertiary/aromatic N) is 1. The Morgan fingerprint density at radius 1 is 1.35 bits per heavy atom. The molecule has 1 aromatic rings. The van der Waals surface area contributed by atoms with Gasteiger partial charge in [0.05, 0.1) is 12.7 Å². The van der Waals surface area contributed by atoms with Gasteiger partial charge >= 0.3 is 5.97 Å². The number of methoxy groups -OCH3 is 1. The van der Waals surface area contributed by atoms with Crippen molar-refractivity contribution >= 4 is 39.6 Å². The Labute approximate surface area is 167 Å². The average molecular weight is 397 g/mol. The first-order valence-electron chi connectivity index (χ1n) is 9.66. The summed E-state index contributed by atoms with van der Waals surface area (Å²) in [6.45, 7) is 11.0. The molecule has 6 heteroatoms. The second kappa shape index (κ2) is 9.18. The molecule has 146 valence electrons. The molecule has 1 N–H and O–H groups in total. The third kappa shape index (κ3) is 4.39. The van der Waals surface area contributed by atoms with Gasteiger partial charge in [-0.2, -0.15) is 0 Å². The van der Waals surface area contributed by atoms with E-state index in [1.165, 1.54) is 12.0 Å². The molecule has 0 amide bonds. The number of carbonyl (C=O) groups is 1. The molecule has 3 unspecified atom stereocenters. The average Bonchev–Trinajstić information content (AvgIpc) is 2.97. The summed E-state index contributed by atoms with van der Waals surface area (Å²) in [5.41, 5.74) is 1.85. The van der Waals surface area contributed by atoms with E-state index in [1.807, 2.05) is 0 Å². The van der Waals surface area contributed by atoms with Gasteiger partial charge in [0, 0.05) is 17.0 Å². The van der Waals surface area contributed by atoms with E-state index in [9.17, 15) is 4.79 Å². The fraction of sp³-hybridized carbons (Fsp3) is 0.700. The molecule has 0 radical (unpaired) electrons. The molecule has 1 aliphatic carbocycles. The molecule has 1 aromatic heterocycles. The van der Waals surface area contributed by atoms with Gasteiger partial charge < -0.3 is 15.0 Å². The van der Waals surface area contributed by atoms with Crippen molar-refractivity contribution in [2.45, 2.75) is 78.8 Å². The molecule has 0 fully saturated rings. The Hall–Kier alpha value is -1.14. The zero-order chi connectivity index (χ0) is 19.4. The van der Waals surface area contributed by atoms with Gasteiger partial charge in [-0.3, -0.25) is 0 Å². The van der Waals surface area contributed by atoms with Crippen LogP contribution in [-0.2, 0) is 17.6 Å². The fourth-order valence-corrected chi connectivity index (χ4v) is 5.47. The van der Waals surface area contributed by atoms with Gasteiger partial charge in [0.2, 0.25) is 0 Å². The monoisotopic (exact) mass is 396 g/mol. The Bertz CT molecular complexity index is 646. The third-order valence-electron chi connectivity index (χ3n) is 5.49. The second-order valence-corrected chi connectivity index (χ2v) is 8.89. The highest BCUT2D eigenvalue weighted by Gasteiger charge is 2.30. The van der Waals surface area contributed by atoms with Crippen molar-refractivity contribution in [1.29, 1.82) is 0 Å². The number of carbonyl (C=O) groups excluding carboxylic acids is 1. The maximum Gasteiger partial charge on any atom is 0.341 e. The summed E-state index contributed by atoms with van der Waals surface area (Å²) in [6, 6.07) is 0.697. The lowest BCUT2D eigenvalue weighted by Crippen LogP contribution is -2.46. The molecular weight excluding hydrogens is 364 g/mol. The summed E-state index contributed by atoms with van der Waals surface area (Å²) >= 11 is 7.43. The molecule has 26 heavy (non-hydrogen) atoms. The number of esters is 1. The maximum atomic E-state index is 12.5. The van der Waals surface area contributed by atoms with Crippen LogP contribution < -0.4 is 5.32 Å². The molecule has 0 aromatic carbocycles. The topological polar surface area (TPSA) is 41.6 Å². The van der Waals surface area contributed by atoms with Crippen molar-refractivity contribution < 1.29 is 9.53 Å². The highest BCUT2D eigenvalue weighted by molar-refractivity contribution is 7.80. The number of thiophene rings is 1. The van der Waals surface area contributed by atoms with E-state index in [1.54, 1.807) is 11.3 Å². The number of thiocarbonyl (C=S) groups is 1. The molecule has 3 atom stereocenters. The number of fused-ring (bicyclic) bond motifs is 1. The summed E-state index contributed by atoms with van der Waals surface area (Å²) in [5, 5.41) is 4.95. The number of hydrogen-bond acceptors (Lipinski definition) is 4. The quantitative estimate of drug-likeness (QED) is 0.525. The van der Waals surface area contributed by atoms with Crippen molar-refractivity contribution in [3.63, 3.8) is 0 Å². The van der Waals surface area contributed by atoms with E-state index in [0.717, 1.165) is 42.7 Å². The van der Waals surface area contributed by atoms with E-state index in [-0.39, 0.29) is 5.97 Å². The van der Waals surface area contributed by atoms with Crippen LogP contribution in [0, 0.1) is 5.92 Å². The van der Waals surface area contributed by atoms with Crippen molar-refractivity contribution in [1.82, 2.24) is 4.90 Å². The standard InChI is InChI=1S/C20H32N2O2S2/c1-7-13(4)22(14(5)8-2)20(25)21-18-17(19(23)24-6)15-10-9-12(3)11-16(15)26-18/h12-14H,7-11H2,1-6H3,(H,21,25). The number of nitrogens with one attached hydrogen (secondary N) is 1. The fourth-order valence-electron chi connectivity index (χ4n) is 3.55. The van der Waals surface area contributed by atoms with Gasteiger partial charge in [0.25, 0.3) is 0 Å². The first kappa shape index (κ1) is 21.2. The molecule has 4 nitrogen and oxygen atoms in total. The van der Waals surface area contributed by atoms with Crippen molar-refractivity contribution in [2.75, 3.05) is 12.4 Å². The molecule has 1 heterocycles. The van der Waals surface area contributed by atoms with Crippen LogP contribution in [0.15, 0.2) is 0 Å². The van der Waals surface area contributed by atoms with Crippen LogP contribution in [0.1, 0.15) is 74.7 Å². The molecule has 0 aliphatic heterocycles. The third-order valence-corrected chi connectivity index (χ3v) is 6.97. The van der Waals surface area contributed by atoms with Crippen LogP contribution in [-0.4, -0.2) is 35.2 Å². The number of anilines is 1. The van der Waals surface area contributed by atoms with Gasteiger partial charge in [0.1, 0.15) is 5.00 Å². The second-order valence-electron chi connectivity index (χ2n) is 7.40. The lowest BCUT2D eigenvalue weighted by atomic mass is 9.88. The Morgan fingerprint density at radius 2 is 1.96 bits per heavy atom. The SMILES string of the molecule is CCC(C)N(C(=S)Nc1sc2c(c1C(=O)OC)CCC(C)C2)C(C)CC. The molecule has 0 saturated carbocycles. The first-order valence-corrected chi connectivity index (χ1v) is 10.9. The van der Waals surface area contributed by atoms with Crippen LogP contribution in [0.25, 0.3) is 0 Å². The lowest BCUT2D eigenvalue weighted by Gasteiger charge is -2.36. The van der Waals surface area contributed by atoms with Gasteiger partial charge in [-0.1, -0.05) is 20.8 Å². The Kier molecular flexibility index (Phi) is 7.47. The Balaban J connectivity index is 2.35. The smallest absolute Gasteiger partial charge is 0.341 e. The van der Waals surface area contributed by atoms with E-state index >= 15 is 0 Å². The Morgan fingerprint density at radius 3 is 2.50 bits per heavy atom. The molecule has 0 saturated heterocycles. The maximum absolute atomic E-state index is 12.5. The minimum atomic E-state index is -0.263. The first-order chi connectivity index (χ1) is 12.3. The van der Waals surface area contributed by atoms with E-state index in [0.29, 0.717) is 28.7 Å². The van der Waals surface area contributed by atoms with E-state index in [4.69, 9.17) is 17.0 Å². The summed E-state index contributed by atoms with van der Waals surface area (Å²) in [7, 11) is 1.45. The predicted octanol–water partition coefficient (Wildman–Crippen LogP) is 5.26. The highest BCUT2D eigenvalue weighted by Crippen LogP contribution is 2.40. The van der Waals surface area contributed by atoms with E-state index in [2.05, 4.69) is 44.8 Å². The molecule has 0 spiro atoms. The zero-order valence-electron chi connectivity index (χ0n) is 16.8. The van der Waals surface area contributed by atoms with Gasteiger partial charge in [-0.25, -0.2) is 4.79 Å². The molecule has 0 bridgehead atoms. The summed E-state index contributed by atoms with van der Waals surface area (Å²) in [5.74, 6) is 0.393. The number of ether oxygens (including phenoxy) is 1. The number of hydrogen-bond donors (Lipinski definition) is 1. The van der Waals surface area contributed by atoms with Gasteiger partial charge in [-0.15, -0.1) is 11.3 Å². The predicted molar refractivity (Wildman–Crippen MR) is 114 cm³/mol. The highest BCUT2D eigenvalue weighted by atomic mass is 32.1. The molecular formula is C20H32N2O2S2.